The van der Waals surface area contributed by atoms with Crippen LogP contribution in [-0.2, 0) is 16.1 Å². The Morgan fingerprint density at radius 3 is 2.50 bits per heavy atom. The molecule has 1 heterocycles. The molecule has 0 fully saturated rings. The minimum Gasteiger partial charge on any atom is -0.497 e. The molecule has 0 saturated carbocycles. The molecule has 0 aliphatic heterocycles. The van der Waals surface area contributed by atoms with Gasteiger partial charge in [-0.1, -0.05) is 37.3 Å². The van der Waals surface area contributed by atoms with Crippen molar-refractivity contribution >= 4 is 16.9 Å². The summed E-state index contributed by atoms with van der Waals surface area (Å²) < 4.78 is 18.3. The van der Waals surface area contributed by atoms with Gasteiger partial charge in [0, 0.05) is 23.7 Å². The lowest BCUT2D eigenvalue weighted by atomic mass is 10.2. The van der Waals surface area contributed by atoms with Gasteiger partial charge in [0.25, 0.3) is 0 Å². The SMILES string of the molecule is CCC(C(=O)OCc1ccccc1)n1ccc2c(OC)cc(OC)cc21. The standard InChI is InChI=1S/C21H23NO4/c1-4-18(21(23)26-14-15-8-6-5-7-9-15)22-11-10-17-19(22)12-16(24-2)13-20(17)25-3/h5-13,18H,4,14H2,1-3H3. The van der Waals surface area contributed by atoms with Gasteiger partial charge in [-0.2, -0.15) is 0 Å². The van der Waals surface area contributed by atoms with Crippen LogP contribution >= 0.6 is 0 Å². The van der Waals surface area contributed by atoms with Crippen molar-refractivity contribution in [1.82, 2.24) is 4.57 Å². The molecule has 0 spiro atoms. The fourth-order valence-electron chi connectivity index (χ4n) is 3.06. The first-order chi connectivity index (χ1) is 12.7. The van der Waals surface area contributed by atoms with Gasteiger partial charge in [0.15, 0.2) is 0 Å². The quantitative estimate of drug-likeness (QED) is 0.593. The second-order valence-electron chi connectivity index (χ2n) is 6.00. The molecule has 0 aliphatic rings. The predicted octanol–water partition coefficient (Wildman–Crippen LogP) is 4.35. The van der Waals surface area contributed by atoms with Crippen LogP contribution in [0.25, 0.3) is 10.9 Å². The molecule has 2 aromatic carbocycles. The van der Waals surface area contributed by atoms with E-state index in [1.807, 2.05) is 66.2 Å². The van der Waals surface area contributed by atoms with E-state index in [1.54, 1.807) is 14.2 Å². The van der Waals surface area contributed by atoms with Crippen LogP contribution in [0.1, 0.15) is 24.9 Å². The Kier molecular flexibility index (Phi) is 5.46. The number of carbonyl (C=O) groups excluding carboxylic acids is 1. The molecule has 5 nitrogen and oxygen atoms in total. The summed E-state index contributed by atoms with van der Waals surface area (Å²) in [5.41, 5.74) is 1.85. The van der Waals surface area contributed by atoms with E-state index in [1.165, 1.54) is 0 Å². The lowest BCUT2D eigenvalue weighted by molar-refractivity contribution is -0.149. The van der Waals surface area contributed by atoms with Crippen molar-refractivity contribution in [2.45, 2.75) is 26.0 Å². The van der Waals surface area contributed by atoms with Crippen molar-refractivity contribution in [1.29, 1.82) is 0 Å². The predicted molar refractivity (Wildman–Crippen MR) is 101 cm³/mol. The maximum absolute atomic E-state index is 12.7. The summed E-state index contributed by atoms with van der Waals surface area (Å²) in [5, 5.41) is 0.933. The highest BCUT2D eigenvalue weighted by Crippen LogP contribution is 2.34. The van der Waals surface area contributed by atoms with E-state index in [0.717, 1.165) is 16.5 Å². The first-order valence-corrected chi connectivity index (χ1v) is 8.61. The van der Waals surface area contributed by atoms with Crippen LogP contribution in [0.4, 0.5) is 0 Å². The molecule has 5 heteroatoms. The highest BCUT2D eigenvalue weighted by Gasteiger charge is 2.22. The molecule has 136 valence electrons. The Labute approximate surface area is 153 Å². The Balaban J connectivity index is 1.88. The number of benzene rings is 2. The topological polar surface area (TPSA) is 49.7 Å². The zero-order valence-corrected chi connectivity index (χ0v) is 15.3. The van der Waals surface area contributed by atoms with Crippen LogP contribution in [0.2, 0.25) is 0 Å². The molecule has 0 bridgehead atoms. The van der Waals surface area contributed by atoms with E-state index in [4.69, 9.17) is 14.2 Å². The van der Waals surface area contributed by atoms with E-state index in [2.05, 4.69) is 0 Å². The van der Waals surface area contributed by atoms with E-state index in [-0.39, 0.29) is 12.6 Å². The van der Waals surface area contributed by atoms with E-state index in [9.17, 15) is 4.79 Å². The number of hydrogen-bond acceptors (Lipinski definition) is 4. The second kappa shape index (κ2) is 7.95. The van der Waals surface area contributed by atoms with Gasteiger partial charge in [0.2, 0.25) is 0 Å². The Morgan fingerprint density at radius 2 is 1.85 bits per heavy atom. The van der Waals surface area contributed by atoms with Crippen LogP contribution < -0.4 is 9.47 Å². The van der Waals surface area contributed by atoms with Gasteiger partial charge in [-0.3, -0.25) is 0 Å². The third-order valence-electron chi connectivity index (χ3n) is 4.45. The maximum atomic E-state index is 12.7. The van der Waals surface area contributed by atoms with Crippen LogP contribution in [0, 0.1) is 0 Å². The number of esters is 1. The largest absolute Gasteiger partial charge is 0.497 e. The zero-order valence-electron chi connectivity index (χ0n) is 15.3. The van der Waals surface area contributed by atoms with Gasteiger partial charge in [0.05, 0.1) is 19.7 Å². The van der Waals surface area contributed by atoms with Crippen molar-refractivity contribution in [2.75, 3.05) is 14.2 Å². The van der Waals surface area contributed by atoms with Crippen molar-refractivity contribution in [3.05, 3.63) is 60.3 Å². The number of hydrogen-bond donors (Lipinski definition) is 0. The lowest BCUT2D eigenvalue weighted by Gasteiger charge is -2.18. The normalized spacial score (nSPS) is 12.0. The molecular formula is C21H23NO4. The van der Waals surface area contributed by atoms with Crippen molar-refractivity contribution in [3.8, 4) is 11.5 Å². The third kappa shape index (κ3) is 3.52. The number of fused-ring (bicyclic) bond motifs is 1. The molecule has 3 rings (SSSR count). The summed E-state index contributed by atoms with van der Waals surface area (Å²) >= 11 is 0. The summed E-state index contributed by atoms with van der Waals surface area (Å²) in [6.07, 6.45) is 2.52. The summed E-state index contributed by atoms with van der Waals surface area (Å²) in [7, 11) is 3.23. The number of ether oxygens (including phenoxy) is 3. The number of rotatable bonds is 7. The van der Waals surface area contributed by atoms with Crippen LogP contribution in [-0.4, -0.2) is 24.8 Å². The van der Waals surface area contributed by atoms with Crippen molar-refractivity contribution in [3.63, 3.8) is 0 Å². The highest BCUT2D eigenvalue weighted by molar-refractivity contribution is 5.89. The minimum absolute atomic E-state index is 0.254. The molecule has 3 aromatic rings. The maximum Gasteiger partial charge on any atom is 0.329 e. The van der Waals surface area contributed by atoms with Gasteiger partial charge >= 0.3 is 5.97 Å². The third-order valence-corrected chi connectivity index (χ3v) is 4.45. The molecule has 0 radical (unpaired) electrons. The van der Waals surface area contributed by atoms with Crippen LogP contribution in [0.15, 0.2) is 54.7 Å². The summed E-state index contributed by atoms with van der Waals surface area (Å²) in [6.45, 7) is 2.24. The Morgan fingerprint density at radius 1 is 1.08 bits per heavy atom. The first-order valence-electron chi connectivity index (χ1n) is 8.61. The summed E-state index contributed by atoms with van der Waals surface area (Å²) in [4.78, 5) is 12.7. The lowest BCUT2D eigenvalue weighted by Crippen LogP contribution is -2.20. The Bertz CT molecular complexity index is 886. The summed E-state index contributed by atoms with van der Waals surface area (Å²) in [6, 6.07) is 15.0. The van der Waals surface area contributed by atoms with Gasteiger partial charge in [0.1, 0.15) is 24.1 Å². The monoisotopic (exact) mass is 353 g/mol. The van der Waals surface area contributed by atoms with E-state index < -0.39 is 6.04 Å². The molecule has 0 aliphatic carbocycles. The smallest absolute Gasteiger partial charge is 0.329 e. The number of aromatic nitrogens is 1. The molecule has 26 heavy (non-hydrogen) atoms. The molecule has 1 unspecified atom stereocenters. The number of carbonyl (C=O) groups is 1. The van der Waals surface area contributed by atoms with Gasteiger partial charge in [-0.25, -0.2) is 4.79 Å². The number of nitrogens with zero attached hydrogens (tertiary/aromatic N) is 1. The second-order valence-corrected chi connectivity index (χ2v) is 6.00. The molecular weight excluding hydrogens is 330 g/mol. The summed E-state index contributed by atoms with van der Waals surface area (Å²) in [5.74, 6) is 1.14. The van der Waals surface area contributed by atoms with Gasteiger partial charge in [-0.05, 0) is 18.1 Å². The molecule has 0 saturated heterocycles. The minimum atomic E-state index is -0.409. The van der Waals surface area contributed by atoms with Crippen molar-refractivity contribution < 1.29 is 19.0 Å². The fraction of sp³-hybridized carbons (Fsp3) is 0.286. The number of methoxy groups -OCH3 is 2. The fourth-order valence-corrected chi connectivity index (χ4v) is 3.06. The van der Waals surface area contributed by atoms with Crippen molar-refractivity contribution in [2.24, 2.45) is 0 Å². The zero-order chi connectivity index (χ0) is 18.5. The van der Waals surface area contributed by atoms with Gasteiger partial charge < -0.3 is 18.8 Å². The Hall–Kier alpha value is -2.95. The van der Waals surface area contributed by atoms with E-state index in [0.29, 0.717) is 17.9 Å². The van der Waals surface area contributed by atoms with Crippen LogP contribution in [0.3, 0.4) is 0 Å². The van der Waals surface area contributed by atoms with Gasteiger partial charge in [-0.15, -0.1) is 0 Å². The first kappa shape index (κ1) is 17.9. The molecule has 1 aromatic heterocycles. The average molecular weight is 353 g/mol. The molecule has 0 N–H and O–H groups in total. The average Bonchev–Trinajstić information content (AvgIpc) is 3.10. The molecule has 0 amide bonds. The van der Waals surface area contributed by atoms with Crippen LogP contribution in [0.5, 0.6) is 11.5 Å². The highest BCUT2D eigenvalue weighted by atomic mass is 16.5. The van der Waals surface area contributed by atoms with E-state index >= 15 is 0 Å². The molecule has 1 atom stereocenters.